The number of nitrogens with zero attached hydrogens (tertiary/aromatic N) is 2. The molecule has 0 saturated carbocycles. The van der Waals surface area contributed by atoms with Crippen LogP contribution in [-0.2, 0) is 20.0 Å². The molecule has 28 heavy (non-hydrogen) atoms. The number of hydrogen-bond acceptors (Lipinski definition) is 5. The highest BCUT2D eigenvalue weighted by Crippen LogP contribution is 2.21. The highest BCUT2D eigenvalue weighted by atomic mass is 32.2. The maximum Gasteiger partial charge on any atom is 0.241 e. The fraction of sp³-hybridized carbons (Fsp3) is 0.278. The van der Waals surface area contributed by atoms with Gasteiger partial charge in [-0.25, -0.2) is 26.1 Å². The van der Waals surface area contributed by atoms with Crippen molar-refractivity contribution in [2.45, 2.75) is 25.7 Å². The number of fused-ring (bicyclic) bond motifs is 1. The lowest BCUT2D eigenvalue weighted by molar-refractivity contribution is 0.580. The minimum atomic E-state index is -3.81. The number of anilines is 1. The van der Waals surface area contributed by atoms with E-state index in [4.69, 9.17) is 0 Å². The van der Waals surface area contributed by atoms with Gasteiger partial charge in [-0.1, -0.05) is 17.7 Å². The van der Waals surface area contributed by atoms with Crippen LogP contribution in [0.1, 0.15) is 16.7 Å². The van der Waals surface area contributed by atoms with Crippen LogP contribution < -0.4 is 9.44 Å². The smallest absolute Gasteiger partial charge is 0.241 e. The third kappa shape index (κ3) is 4.51. The molecule has 2 N–H and O–H groups in total. The number of aryl methyl sites for hydroxylation is 3. The third-order valence-electron chi connectivity index (χ3n) is 4.21. The fourth-order valence-electron chi connectivity index (χ4n) is 3.19. The van der Waals surface area contributed by atoms with Crippen molar-refractivity contribution < 1.29 is 16.8 Å². The number of rotatable bonds is 7. The van der Waals surface area contributed by atoms with E-state index in [0.717, 1.165) is 11.1 Å². The summed E-state index contributed by atoms with van der Waals surface area (Å²) in [5.74, 6) is -0.388. The molecule has 0 radical (unpaired) electrons. The van der Waals surface area contributed by atoms with Gasteiger partial charge in [-0.05, 0) is 50.1 Å². The molecule has 0 amide bonds. The molecule has 0 aliphatic carbocycles. The van der Waals surface area contributed by atoms with Gasteiger partial charge in [0, 0.05) is 18.9 Å². The molecule has 0 aliphatic heterocycles. The Balaban J connectivity index is 1.67. The molecule has 3 rings (SSSR count). The van der Waals surface area contributed by atoms with Crippen molar-refractivity contribution in [1.82, 2.24) is 14.3 Å². The van der Waals surface area contributed by atoms with Gasteiger partial charge in [-0.2, -0.15) is 5.10 Å². The molecule has 10 heteroatoms. The summed E-state index contributed by atoms with van der Waals surface area (Å²) in [5, 5.41) is 4.04. The molecule has 0 bridgehead atoms. The molecule has 0 spiro atoms. The summed E-state index contributed by atoms with van der Waals surface area (Å²) >= 11 is 0. The zero-order valence-corrected chi connectivity index (χ0v) is 17.4. The average Bonchev–Trinajstić information content (AvgIpc) is 3.00. The molecule has 0 saturated heterocycles. The first-order chi connectivity index (χ1) is 13.1. The van der Waals surface area contributed by atoms with Crippen molar-refractivity contribution in [3.8, 4) is 0 Å². The van der Waals surface area contributed by atoms with Crippen LogP contribution in [-0.4, -0.2) is 38.7 Å². The quantitative estimate of drug-likeness (QED) is 0.605. The standard InChI is InChI=1S/C18H22N4O4S2/c1-13-10-14(2)18(15(3)11-13)28(25,26)20-7-9-27(23,24)21-16-5-8-22-17(12-16)4-6-19-22/h4-6,8,10-12,20-21H,7,9H2,1-3H3. The third-order valence-corrected chi connectivity index (χ3v) is 7.26. The molecular formula is C18H22N4O4S2. The summed E-state index contributed by atoms with van der Waals surface area (Å²) in [6.07, 6.45) is 3.25. The number of benzene rings is 1. The molecule has 0 aliphatic rings. The molecule has 8 nitrogen and oxygen atoms in total. The maximum absolute atomic E-state index is 12.6. The van der Waals surface area contributed by atoms with E-state index in [1.165, 1.54) is 0 Å². The Morgan fingerprint density at radius 1 is 1.00 bits per heavy atom. The SMILES string of the molecule is Cc1cc(C)c(S(=O)(=O)NCCS(=O)(=O)Nc2ccn3nccc3c2)c(C)c1. The predicted octanol–water partition coefficient (Wildman–Crippen LogP) is 1.98. The number of pyridine rings is 1. The van der Waals surface area contributed by atoms with Crippen molar-refractivity contribution in [2.24, 2.45) is 0 Å². The van der Waals surface area contributed by atoms with E-state index in [-0.39, 0.29) is 17.2 Å². The zero-order chi connectivity index (χ0) is 20.5. The van der Waals surface area contributed by atoms with E-state index >= 15 is 0 Å². The minimum Gasteiger partial charge on any atom is -0.283 e. The number of nitrogens with one attached hydrogen (secondary N) is 2. The molecule has 0 unspecified atom stereocenters. The lowest BCUT2D eigenvalue weighted by atomic mass is 10.1. The normalized spacial score (nSPS) is 12.4. The predicted molar refractivity (Wildman–Crippen MR) is 108 cm³/mol. The van der Waals surface area contributed by atoms with Gasteiger partial charge in [-0.15, -0.1) is 0 Å². The zero-order valence-electron chi connectivity index (χ0n) is 15.8. The van der Waals surface area contributed by atoms with Crippen LogP contribution in [0.15, 0.2) is 47.6 Å². The molecule has 2 aromatic heterocycles. The second-order valence-corrected chi connectivity index (χ2v) is 10.2. The van der Waals surface area contributed by atoms with E-state index in [9.17, 15) is 16.8 Å². The summed E-state index contributed by atoms with van der Waals surface area (Å²) in [4.78, 5) is 0.189. The summed E-state index contributed by atoms with van der Waals surface area (Å²) in [6.45, 7) is 5.10. The molecule has 0 atom stereocenters. The minimum absolute atomic E-state index is 0.189. The molecule has 3 aromatic rings. The summed E-state index contributed by atoms with van der Waals surface area (Å²) in [6, 6.07) is 8.55. The highest BCUT2D eigenvalue weighted by Gasteiger charge is 2.21. The van der Waals surface area contributed by atoms with Gasteiger partial charge in [0.15, 0.2) is 0 Å². The van der Waals surface area contributed by atoms with E-state index in [1.54, 1.807) is 61.1 Å². The fourth-order valence-corrected chi connectivity index (χ4v) is 5.76. The monoisotopic (exact) mass is 422 g/mol. The lowest BCUT2D eigenvalue weighted by Gasteiger charge is -2.13. The Morgan fingerprint density at radius 2 is 1.68 bits per heavy atom. The van der Waals surface area contributed by atoms with Gasteiger partial charge in [0.25, 0.3) is 0 Å². The second kappa shape index (κ2) is 7.53. The Morgan fingerprint density at radius 3 is 2.36 bits per heavy atom. The van der Waals surface area contributed by atoms with E-state index in [1.807, 2.05) is 6.92 Å². The summed E-state index contributed by atoms with van der Waals surface area (Å²) < 4.78 is 56.3. The Bertz CT molecular complexity index is 1210. The van der Waals surface area contributed by atoms with Crippen LogP contribution in [0.5, 0.6) is 0 Å². The van der Waals surface area contributed by atoms with Crippen molar-refractivity contribution in [2.75, 3.05) is 17.0 Å². The Kier molecular flexibility index (Phi) is 5.46. The van der Waals surface area contributed by atoms with Crippen molar-refractivity contribution in [1.29, 1.82) is 0 Å². The molecule has 0 fully saturated rings. The first-order valence-corrected chi connectivity index (χ1v) is 11.7. The first kappa shape index (κ1) is 20.3. The van der Waals surface area contributed by atoms with Gasteiger partial charge >= 0.3 is 0 Å². The summed E-state index contributed by atoms with van der Waals surface area (Å²) in [7, 11) is -7.53. The first-order valence-electron chi connectivity index (χ1n) is 8.59. The molecule has 150 valence electrons. The highest BCUT2D eigenvalue weighted by molar-refractivity contribution is 7.92. The lowest BCUT2D eigenvalue weighted by Crippen LogP contribution is -2.32. The van der Waals surface area contributed by atoms with Crippen LogP contribution >= 0.6 is 0 Å². The molecule has 2 heterocycles. The Labute approximate surface area is 164 Å². The number of sulfonamides is 2. The van der Waals surface area contributed by atoms with E-state index in [2.05, 4.69) is 14.5 Å². The van der Waals surface area contributed by atoms with Crippen LogP contribution in [0.25, 0.3) is 5.52 Å². The van der Waals surface area contributed by atoms with Gasteiger partial charge in [0.1, 0.15) is 0 Å². The second-order valence-electron chi connectivity index (χ2n) is 6.66. The van der Waals surface area contributed by atoms with Gasteiger partial charge in [0.05, 0.1) is 21.9 Å². The van der Waals surface area contributed by atoms with E-state index in [0.29, 0.717) is 16.8 Å². The summed E-state index contributed by atoms with van der Waals surface area (Å²) in [5.41, 5.74) is 3.35. The van der Waals surface area contributed by atoms with Crippen molar-refractivity contribution in [3.63, 3.8) is 0 Å². The Hall–Kier alpha value is -2.43. The number of aromatic nitrogens is 2. The van der Waals surface area contributed by atoms with Crippen LogP contribution in [0.3, 0.4) is 0 Å². The largest absolute Gasteiger partial charge is 0.283 e. The van der Waals surface area contributed by atoms with Gasteiger partial charge < -0.3 is 0 Å². The van der Waals surface area contributed by atoms with Crippen molar-refractivity contribution >= 4 is 31.3 Å². The average molecular weight is 423 g/mol. The van der Waals surface area contributed by atoms with Gasteiger partial charge in [-0.3, -0.25) is 4.72 Å². The molecular weight excluding hydrogens is 400 g/mol. The van der Waals surface area contributed by atoms with Crippen LogP contribution in [0.4, 0.5) is 5.69 Å². The molecule has 1 aromatic carbocycles. The number of hydrogen-bond donors (Lipinski definition) is 2. The van der Waals surface area contributed by atoms with Crippen LogP contribution in [0, 0.1) is 20.8 Å². The van der Waals surface area contributed by atoms with Crippen molar-refractivity contribution in [3.05, 3.63) is 59.4 Å². The van der Waals surface area contributed by atoms with Gasteiger partial charge in [0.2, 0.25) is 20.0 Å². The van der Waals surface area contributed by atoms with Crippen LogP contribution in [0.2, 0.25) is 0 Å². The van der Waals surface area contributed by atoms with E-state index < -0.39 is 20.0 Å². The topological polar surface area (TPSA) is 110 Å². The maximum atomic E-state index is 12.6.